The molecule has 1 aromatic heterocycles. The molecular weight excluding hydrogens is 322 g/mol. The van der Waals surface area contributed by atoms with E-state index in [0.29, 0.717) is 38.9 Å². The van der Waals surface area contributed by atoms with Crippen LogP contribution in [-0.4, -0.2) is 50.9 Å². The highest BCUT2D eigenvalue weighted by molar-refractivity contribution is 6.07. The molecule has 1 atom stereocenters. The number of urea groups is 1. The zero-order chi connectivity index (χ0) is 18.0. The Balaban J connectivity index is 1.61. The van der Waals surface area contributed by atoms with Gasteiger partial charge in [0.05, 0.1) is 0 Å². The van der Waals surface area contributed by atoms with Gasteiger partial charge >= 0.3 is 6.03 Å². The highest BCUT2D eigenvalue weighted by Gasteiger charge is 2.51. The first-order chi connectivity index (χ1) is 12.0. The number of aryl methyl sites for hydroxylation is 1. The summed E-state index contributed by atoms with van der Waals surface area (Å²) < 4.78 is 1.88. The number of likely N-dealkylation sites (tertiary alicyclic amines) is 1. The van der Waals surface area contributed by atoms with E-state index in [9.17, 15) is 14.4 Å². The first-order valence-electron chi connectivity index (χ1n) is 8.91. The fourth-order valence-corrected chi connectivity index (χ4v) is 4.00. The zero-order valence-corrected chi connectivity index (χ0v) is 14.7. The minimum absolute atomic E-state index is 0.0486. The summed E-state index contributed by atoms with van der Waals surface area (Å²) in [5, 5.41) is 5.17. The molecule has 0 unspecified atom stereocenters. The van der Waals surface area contributed by atoms with Crippen LogP contribution in [-0.2, 0) is 22.6 Å². The van der Waals surface area contributed by atoms with E-state index in [1.165, 1.54) is 0 Å². The van der Waals surface area contributed by atoms with Crippen LogP contribution in [0.25, 0.3) is 0 Å². The molecule has 0 radical (unpaired) electrons. The van der Waals surface area contributed by atoms with Crippen LogP contribution in [0.4, 0.5) is 4.79 Å². The molecule has 25 heavy (non-hydrogen) atoms. The number of imide groups is 1. The fourth-order valence-electron chi connectivity index (χ4n) is 4.00. The molecule has 0 aromatic carbocycles. The van der Waals surface area contributed by atoms with Crippen LogP contribution in [0.15, 0.2) is 12.4 Å². The number of nitrogens with zero attached hydrogens (tertiary/aromatic N) is 3. The van der Waals surface area contributed by atoms with Gasteiger partial charge in [-0.25, -0.2) is 9.78 Å². The van der Waals surface area contributed by atoms with Crippen molar-refractivity contribution >= 4 is 17.8 Å². The topological polar surface area (TPSA) is 96.3 Å². The first kappa shape index (κ1) is 17.4. The van der Waals surface area contributed by atoms with Gasteiger partial charge in [-0.15, -0.1) is 0 Å². The standard InChI is InChI=1S/C17H25N5O3/c1-3-13-18-7-10-22(13)11-14(23)21-8-5-12(6-9-21)17(4-2)15(24)19-16(25)20-17/h7,10,12H,3-6,8-9,11H2,1-2H3,(H2,19,20,24,25)/t17-/m1/s1. The van der Waals surface area contributed by atoms with Gasteiger partial charge in [0, 0.05) is 31.9 Å². The summed E-state index contributed by atoms with van der Waals surface area (Å²) in [6.45, 7) is 5.42. The maximum Gasteiger partial charge on any atom is 0.322 e. The number of nitrogens with one attached hydrogen (secondary N) is 2. The Morgan fingerprint density at radius 1 is 1.32 bits per heavy atom. The number of aromatic nitrogens is 2. The van der Waals surface area contributed by atoms with Crippen LogP contribution in [0.1, 0.15) is 38.9 Å². The summed E-state index contributed by atoms with van der Waals surface area (Å²) in [5.41, 5.74) is -0.827. The molecule has 2 fully saturated rings. The maximum absolute atomic E-state index is 12.6. The Bertz CT molecular complexity index is 678. The minimum Gasteiger partial charge on any atom is -0.341 e. The number of hydrogen-bond acceptors (Lipinski definition) is 4. The van der Waals surface area contributed by atoms with Crippen molar-refractivity contribution in [3.8, 4) is 0 Å². The van der Waals surface area contributed by atoms with Crippen molar-refractivity contribution in [2.24, 2.45) is 5.92 Å². The van der Waals surface area contributed by atoms with Crippen molar-refractivity contribution in [3.05, 3.63) is 18.2 Å². The van der Waals surface area contributed by atoms with Crippen molar-refractivity contribution in [1.82, 2.24) is 25.1 Å². The highest BCUT2D eigenvalue weighted by Crippen LogP contribution is 2.33. The van der Waals surface area contributed by atoms with E-state index in [1.54, 1.807) is 6.20 Å². The Labute approximate surface area is 147 Å². The van der Waals surface area contributed by atoms with Gasteiger partial charge in [-0.05, 0) is 25.2 Å². The van der Waals surface area contributed by atoms with Crippen molar-refractivity contribution in [2.75, 3.05) is 13.1 Å². The Morgan fingerprint density at radius 3 is 2.60 bits per heavy atom. The van der Waals surface area contributed by atoms with E-state index in [4.69, 9.17) is 0 Å². The quantitative estimate of drug-likeness (QED) is 0.765. The summed E-state index contributed by atoms with van der Waals surface area (Å²) in [7, 11) is 0. The molecule has 4 amide bonds. The zero-order valence-electron chi connectivity index (χ0n) is 14.7. The first-order valence-corrected chi connectivity index (χ1v) is 8.91. The third kappa shape index (κ3) is 3.12. The highest BCUT2D eigenvalue weighted by atomic mass is 16.2. The number of piperidine rings is 1. The molecule has 1 aromatic rings. The molecule has 2 aliphatic heterocycles. The molecule has 2 N–H and O–H groups in total. The predicted octanol–water partition coefficient (Wildman–Crippen LogP) is 0.672. The molecule has 2 saturated heterocycles. The van der Waals surface area contributed by atoms with Crippen molar-refractivity contribution in [2.45, 2.75) is 51.6 Å². The van der Waals surface area contributed by atoms with Gasteiger partial charge in [-0.3, -0.25) is 14.9 Å². The second-order valence-electron chi connectivity index (χ2n) is 6.71. The average molecular weight is 347 g/mol. The van der Waals surface area contributed by atoms with E-state index >= 15 is 0 Å². The van der Waals surface area contributed by atoms with Crippen LogP contribution < -0.4 is 10.6 Å². The molecule has 3 rings (SSSR count). The SMILES string of the molecule is CCc1nccn1CC(=O)N1CCC([C@@]2(CC)NC(=O)NC2=O)CC1. The lowest BCUT2D eigenvalue weighted by Crippen LogP contribution is -2.56. The smallest absolute Gasteiger partial charge is 0.322 e. The van der Waals surface area contributed by atoms with Crippen LogP contribution in [0.3, 0.4) is 0 Å². The predicted molar refractivity (Wildman–Crippen MR) is 90.6 cm³/mol. The number of hydrogen-bond donors (Lipinski definition) is 2. The minimum atomic E-state index is -0.827. The van der Waals surface area contributed by atoms with Gasteiger partial charge in [0.1, 0.15) is 17.9 Å². The number of amides is 4. The van der Waals surface area contributed by atoms with E-state index in [-0.39, 0.29) is 17.7 Å². The molecular formula is C17H25N5O3. The lowest BCUT2D eigenvalue weighted by Gasteiger charge is -2.40. The van der Waals surface area contributed by atoms with E-state index in [2.05, 4.69) is 15.6 Å². The molecule has 0 bridgehead atoms. The maximum atomic E-state index is 12.6. The number of rotatable bonds is 5. The van der Waals surface area contributed by atoms with Gasteiger partial charge in [0.15, 0.2) is 0 Å². The average Bonchev–Trinajstić information content (AvgIpc) is 3.18. The third-order valence-electron chi connectivity index (χ3n) is 5.49. The van der Waals surface area contributed by atoms with Crippen LogP contribution in [0, 0.1) is 5.92 Å². The third-order valence-corrected chi connectivity index (χ3v) is 5.49. The summed E-state index contributed by atoms with van der Waals surface area (Å²) in [6, 6.07) is -0.419. The Hall–Kier alpha value is -2.38. The summed E-state index contributed by atoms with van der Waals surface area (Å²) >= 11 is 0. The lowest BCUT2D eigenvalue weighted by atomic mass is 9.76. The number of carbonyl (C=O) groups excluding carboxylic acids is 3. The second kappa shape index (κ2) is 6.85. The Kier molecular flexibility index (Phi) is 4.78. The van der Waals surface area contributed by atoms with Gasteiger partial charge < -0.3 is 14.8 Å². The van der Waals surface area contributed by atoms with Gasteiger partial charge in [0.25, 0.3) is 5.91 Å². The summed E-state index contributed by atoms with van der Waals surface area (Å²) in [6.07, 6.45) is 6.29. The second-order valence-corrected chi connectivity index (χ2v) is 6.71. The van der Waals surface area contributed by atoms with Gasteiger partial charge in [0.2, 0.25) is 5.91 Å². The van der Waals surface area contributed by atoms with Crippen LogP contribution in [0.5, 0.6) is 0 Å². The number of imidazole rings is 1. The van der Waals surface area contributed by atoms with Crippen molar-refractivity contribution in [3.63, 3.8) is 0 Å². The van der Waals surface area contributed by atoms with Crippen molar-refractivity contribution < 1.29 is 14.4 Å². The van der Waals surface area contributed by atoms with Crippen LogP contribution >= 0.6 is 0 Å². The molecule has 136 valence electrons. The normalized spacial score (nSPS) is 24.3. The molecule has 0 aliphatic carbocycles. The molecule has 8 heteroatoms. The molecule has 2 aliphatic rings. The molecule has 8 nitrogen and oxygen atoms in total. The van der Waals surface area contributed by atoms with Crippen LogP contribution in [0.2, 0.25) is 0 Å². The molecule has 3 heterocycles. The fraction of sp³-hybridized carbons (Fsp3) is 0.647. The summed E-state index contributed by atoms with van der Waals surface area (Å²) in [5.74, 6) is 0.776. The van der Waals surface area contributed by atoms with E-state index in [0.717, 1.165) is 12.2 Å². The largest absolute Gasteiger partial charge is 0.341 e. The van der Waals surface area contributed by atoms with Crippen molar-refractivity contribution in [1.29, 1.82) is 0 Å². The lowest BCUT2D eigenvalue weighted by molar-refractivity contribution is -0.134. The van der Waals surface area contributed by atoms with E-state index in [1.807, 2.05) is 29.5 Å². The molecule has 0 spiro atoms. The number of carbonyl (C=O) groups is 3. The van der Waals surface area contributed by atoms with Gasteiger partial charge in [-0.1, -0.05) is 13.8 Å². The van der Waals surface area contributed by atoms with Gasteiger partial charge in [-0.2, -0.15) is 0 Å². The Morgan fingerprint density at radius 2 is 2.04 bits per heavy atom. The molecule has 0 saturated carbocycles. The summed E-state index contributed by atoms with van der Waals surface area (Å²) in [4.78, 5) is 42.5. The monoisotopic (exact) mass is 347 g/mol. The van der Waals surface area contributed by atoms with E-state index < -0.39 is 11.6 Å².